The van der Waals surface area contributed by atoms with Crippen LogP contribution in [-0.2, 0) is 13.2 Å². The van der Waals surface area contributed by atoms with Crippen LogP contribution in [0, 0.1) is 0 Å². The van der Waals surface area contributed by atoms with Crippen molar-refractivity contribution in [1.82, 2.24) is 0 Å². The molecule has 0 radical (unpaired) electrons. The maximum absolute atomic E-state index is 9.28. The summed E-state index contributed by atoms with van der Waals surface area (Å²) in [5, 5.41) is 11.6. The van der Waals surface area contributed by atoms with E-state index < -0.39 is 0 Å². The molecular formula is C24H20O2. The summed E-state index contributed by atoms with van der Waals surface area (Å²) >= 11 is 0. The van der Waals surface area contributed by atoms with E-state index in [4.69, 9.17) is 4.74 Å². The number of ether oxygens (including phenoxy) is 1. The fourth-order valence-electron chi connectivity index (χ4n) is 3.08. The Hall–Kier alpha value is -3.10. The van der Waals surface area contributed by atoms with Gasteiger partial charge in [-0.1, -0.05) is 66.7 Å². The van der Waals surface area contributed by atoms with Gasteiger partial charge in [-0.05, 0) is 57.3 Å². The van der Waals surface area contributed by atoms with Gasteiger partial charge in [-0.2, -0.15) is 0 Å². The van der Waals surface area contributed by atoms with E-state index in [1.165, 1.54) is 0 Å². The highest BCUT2D eigenvalue weighted by atomic mass is 16.5. The van der Waals surface area contributed by atoms with E-state index >= 15 is 0 Å². The molecule has 0 atom stereocenters. The molecule has 1 N–H and O–H groups in total. The van der Waals surface area contributed by atoms with Gasteiger partial charge in [0.2, 0.25) is 0 Å². The first-order valence-electron chi connectivity index (χ1n) is 8.72. The van der Waals surface area contributed by atoms with E-state index in [0.29, 0.717) is 6.61 Å². The summed E-state index contributed by atoms with van der Waals surface area (Å²) in [5.74, 6) is 0.863. The van der Waals surface area contributed by atoms with E-state index in [1.807, 2.05) is 42.5 Å². The lowest BCUT2D eigenvalue weighted by atomic mass is 10.00. The molecule has 0 saturated carbocycles. The van der Waals surface area contributed by atoms with Crippen molar-refractivity contribution in [3.8, 4) is 16.9 Å². The summed E-state index contributed by atoms with van der Waals surface area (Å²) in [4.78, 5) is 0. The fourth-order valence-corrected chi connectivity index (χ4v) is 3.08. The van der Waals surface area contributed by atoms with Crippen LogP contribution in [0.15, 0.2) is 91.0 Å². The Morgan fingerprint density at radius 1 is 0.615 bits per heavy atom. The first kappa shape index (κ1) is 16.4. The lowest BCUT2D eigenvalue weighted by molar-refractivity contribution is 0.282. The van der Waals surface area contributed by atoms with Crippen molar-refractivity contribution >= 4 is 10.8 Å². The quantitative estimate of drug-likeness (QED) is 0.514. The number of hydrogen-bond donors (Lipinski definition) is 1. The highest BCUT2D eigenvalue weighted by molar-refractivity contribution is 5.88. The minimum atomic E-state index is 0.0679. The molecule has 0 bridgehead atoms. The Bertz CT molecular complexity index is 1020. The summed E-state index contributed by atoms with van der Waals surface area (Å²) < 4.78 is 5.94. The van der Waals surface area contributed by atoms with Crippen LogP contribution in [0.25, 0.3) is 21.9 Å². The van der Waals surface area contributed by atoms with Gasteiger partial charge in [0, 0.05) is 0 Å². The van der Waals surface area contributed by atoms with Crippen LogP contribution >= 0.6 is 0 Å². The number of fused-ring (bicyclic) bond motifs is 1. The molecule has 0 aliphatic carbocycles. The molecule has 0 unspecified atom stereocenters. The minimum absolute atomic E-state index is 0.0679. The second-order valence-corrected chi connectivity index (χ2v) is 6.36. The Morgan fingerprint density at radius 3 is 2.23 bits per heavy atom. The number of benzene rings is 4. The molecule has 2 heteroatoms. The van der Waals surface area contributed by atoms with Gasteiger partial charge >= 0.3 is 0 Å². The Balaban J connectivity index is 1.58. The maximum atomic E-state index is 9.28. The second-order valence-electron chi connectivity index (χ2n) is 6.36. The van der Waals surface area contributed by atoms with E-state index in [-0.39, 0.29) is 6.61 Å². The Labute approximate surface area is 153 Å². The molecule has 4 rings (SSSR count). The van der Waals surface area contributed by atoms with Crippen LogP contribution in [0.2, 0.25) is 0 Å². The zero-order chi connectivity index (χ0) is 17.8. The zero-order valence-corrected chi connectivity index (χ0v) is 14.4. The standard InChI is InChI=1S/C24H20O2/c25-16-19-9-10-22-14-23(12-11-21(22)13-19)20-7-4-8-24(15-20)26-17-18-5-2-1-3-6-18/h1-15,25H,16-17H2. The Kier molecular flexibility index (Phi) is 4.67. The monoisotopic (exact) mass is 340 g/mol. The number of aliphatic hydroxyl groups is 1. The number of rotatable bonds is 5. The van der Waals surface area contributed by atoms with Crippen molar-refractivity contribution in [2.45, 2.75) is 13.2 Å². The van der Waals surface area contributed by atoms with Crippen molar-refractivity contribution in [1.29, 1.82) is 0 Å². The van der Waals surface area contributed by atoms with E-state index in [2.05, 4.69) is 48.5 Å². The average Bonchev–Trinajstić information content (AvgIpc) is 2.72. The van der Waals surface area contributed by atoms with Gasteiger partial charge in [0.15, 0.2) is 0 Å². The molecule has 0 spiro atoms. The molecule has 0 aliphatic rings. The predicted molar refractivity (Wildman–Crippen MR) is 106 cm³/mol. The van der Waals surface area contributed by atoms with Gasteiger partial charge < -0.3 is 9.84 Å². The molecule has 0 amide bonds. The first-order chi connectivity index (χ1) is 12.8. The fraction of sp³-hybridized carbons (Fsp3) is 0.0833. The minimum Gasteiger partial charge on any atom is -0.489 e. The molecule has 4 aromatic carbocycles. The lowest BCUT2D eigenvalue weighted by Crippen LogP contribution is -1.95. The van der Waals surface area contributed by atoms with Crippen molar-refractivity contribution in [3.63, 3.8) is 0 Å². The highest BCUT2D eigenvalue weighted by Gasteiger charge is 2.03. The average molecular weight is 340 g/mol. The van der Waals surface area contributed by atoms with Crippen LogP contribution in [0.3, 0.4) is 0 Å². The van der Waals surface area contributed by atoms with Gasteiger partial charge in [0.05, 0.1) is 6.61 Å². The van der Waals surface area contributed by atoms with Gasteiger partial charge in [-0.25, -0.2) is 0 Å². The third-order valence-electron chi connectivity index (χ3n) is 4.50. The van der Waals surface area contributed by atoms with E-state index in [0.717, 1.165) is 38.8 Å². The molecule has 0 heterocycles. The smallest absolute Gasteiger partial charge is 0.120 e. The number of aliphatic hydroxyl groups excluding tert-OH is 1. The van der Waals surface area contributed by atoms with Crippen LogP contribution < -0.4 is 4.74 Å². The van der Waals surface area contributed by atoms with Crippen LogP contribution in [0.1, 0.15) is 11.1 Å². The largest absolute Gasteiger partial charge is 0.489 e. The second kappa shape index (κ2) is 7.42. The van der Waals surface area contributed by atoms with Crippen molar-refractivity contribution in [3.05, 3.63) is 102 Å². The highest BCUT2D eigenvalue weighted by Crippen LogP contribution is 2.28. The van der Waals surface area contributed by atoms with Gasteiger partial charge in [0.25, 0.3) is 0 Å². The van der Waals surface area contributed by atoms with Crippen LogP contribution in [0.4, 0.5) is 0 Å². The molecular weight excluding hydrogens is 320 g/mol. The third-order valence-corrected chi connectivity index (χ3v) is 4.50. The summed E-state index contributed by atoms with van der Waals surface area (Å²) in [7, 11) is 0. The summed E-state index contributed by atoms with van der Waals surface area (Å²) in [6, 6.07) is 30.8. The summed E-state index contributed by atoms with van der Waals surface area (Å²) in [5.41, 5.74) is 4.37. The van der Waals surface area contributed by atoms with Gasteiger partial charge in [-0.15, -0.1) is 0 Å². The molecule has 4 aromatic rings. The zero-order valence-electron chi connectivity index (χ0n) is 14.4. The van der Waals surface area contributed by atoms with Gasteiger partial charge in [-0.3, -0.25) is 0 Å². The first-order valence-corrected chi connectivity index (χ1v) is 8.72. The normalized spacial score (nSPS) is 10.8. The number of hydrogen-bond acceptors (Lipinski definition) is 2. The molecule has 26 heavy (non-hydrogen) atoms. The molecule has 0 saturated heterocycles. The summed E-state index contributed by atoms with van der Waals surface area (Å²) in [6.45, 7) is 0.629. The molecule has 0 aromatic heterocycles. The van der Waals surface area contributed by atoms with E-state index in [9.17, 15) is 5.11 Å². The SMILES string of the molecule is OCc1ccc2cc(-c3cccc(OCc4ccccc4)c3)ccc2c1. The molecule has 0 fully saturated rings. The van der Waals surface area contributed by atoms with Crippen molar-refractivity contribution < 1.29 is 9.84 Å². The van der Waals surface area contributed by atoms with Crippen LogP contribution in [0.5, 0.6) is 5.75 Å². The maximum Gasteiger partial charge on any atom is 0.120 e. The predicted octanol–water partition coefficient (Wildman–Crippen LogP) is 5.58. The van der Waals surface area contributed by atoms with Crippen LogP contribution in [-0.4, -0.2) is 5.11 Å². The molecule has 2 nitrogen and oxygen atoms in total. The molecule has 0 aliphatic heterocycles. The lowest BCUT2D eigenvalue weighted by Gasteiger charge is -2.09. The molecule has 128 valence electrons. The topological polar surface area (TPSA) is 29.5 Å². The van der Waals surface area contributed by atoms with Gasteiger partial charge in [0.1, 0.15) is 12.4 Å². The Morgan fingerprint density at radius 2 is 1.38 bits per heavy atom. The van der Waals surface area contributed by atoms with E-state index in [1.54, 1.807) is 0 Å². The van der Waals surface area contributed by atoms with Crippen molar-refractivity contribution in [2.75, 3.05) is 0 Å². The summed E-state index contributed by atoms with van der Waals surface area (Å²) in [6.07, 6.45) is 0. The van der Waals surface area contributed by atoms with Crippen molar-refractivity contribution in [2.24, 2.45) is 0 Å². The third kappa shape index (κ3) is 3.61.